The maximum atomic E-state index is 6.02. The van der Waals surface area contributed by atoms with Gasteiger partial charge in [-0.15, -0.1) is 5.10 Å². The molecule has 108 valence electrons. The molecule has 0 spiro atoms. The van der Waals surface area contributed by atoms with E-state index in [0.717, 1.165) is 25.0 Å². The fraction of sp³-hybridized carbons (Fsp3) is 0.462. The van der Waals surface area contributed by atoms with Crippen LogP contribution in [-0.2, 0) is 11.3 Å². The van der Waals surface area contributed by atoms with Crippen LogP contribution in [0, 0.1) is 0 Å². The molecule has 1 aromatic heterocycles. The zero-order chi connectivity index (χ0) is 14.4. The highest BCUT2D eigenvalue weighted by Crippen LogP contribution is 2.25. The summed E-state index contributed by atoms with van der Waals surface area (Å²) in [6.45, 7) is 4.28. The summed E-state index contributed by atoms with van der Waals surface area (Å²) in [6.07, 6.45) is 1.89. The fourth-order valence-electron chi connectivity index (χ4n) is 1.79. The highest BCUT2D eigenvalue weighted by molar-refractivity contribution is 6.33. The minimum absolute atomic E-state index is 0.503. The lowest BCUT2D eigenvalue weighted by Crippen LogP contribution is -2.06. The lowest BCUT2D eigenvalue weighted by Gasteiger charge is -2.06. The number of hydrogen-bond acceptors (Lipinski definition) is 5. The van der Waals surface area contributed by atoms with E-state index in [4.69, 9.17) is 22.1 Å². The highest BCUT2D eigenvalue weighted by Gasteiger charge is 2.10. The van der Waals surface area contributed by atoms with Gasteiger partial charge < -0.3 is 10.5 Å². The van der Waals surface area contributed by atoms with Crippen LogP contribution in [0.3, 0.4) is 0 Å². The number of tetrazole rings is 1. The van der Waals surface area contributed by atoms with Gasteiger partial charge in [-0.25, -0.2) is 4.68 Å². The summed E-state index contributed by atoms with van der Waals surface area (Å²) >= 11 is 6.02. The van der Waals surface area contributed by atoms with E-state index in [2.05, 4.69) is 22.4 Å². The molecular weight excluding hydrogens is 278 g/mol. The Bertz CT molecular complexity index is 557. The van der Waals surface area contributed by atoms with Crippen molar-refractivity contribution in [2.45, 2.75) is 26.3 Å². The molecule has 0 unspecified atom stereocenters. The normalized spacial score (nSPS) is 10.9. The number of nitrogen functional groups attached to an aromatic ring is 1. The molecule has 1 aromatic carbocycles. The molecule has 2 N–H and O–H groups in total. The van der Waals surface area contributed by atoms with Crippen LogP contribution < -0.4 is 5.73 Å². The first-order valence-electron chi connectivity index (χ1n) is 6.61. The van der Waals surface area contributed by atoms with E-state index in [0.29, 0.717) is 29.7 Å². The lowest BCUT2D eigenvalue weighted by atomic mass is 10.2. The molecular formula is C13H18ClN5O. The van der Waals surface area contributed by atoms with Gasteiger partial charge in [0, 0.05) is 25.3 Å². The summed E-state index contributed by atoms with van der Waals surface area (Å²) in [7, 11) is 0. The quantitative estimate of drug-likeness (QED) is 0.627. The minimum Gasteiger partial charge on any atom is -0.398 e. The Morgan fingerprint density at radius 2 is 2.20 bits per heavy atom. The number of hydrogen-bond donors (Lipinski definition) is 1. The summed E-state index contributed by atoms with van der Waals surface area (Å²) in [5.41, 5.74) is 7.09. The molecule has 0 saturated heterocycles. The average Bonchev–Trinajstić information content (AvgIpc) is 2.90. The monoisotopic (exact) mass is 295 g/mol. The number of benzene rings is 1. The van der Waals surface area contributed by atoms with Crippen LogP contribution in [0.4, 0.5) is 5.69 Å². The number of anilines is 1. The van der Waals surface area contributed by atoms with Gasteiger partial charge >= 0.3 is 0 Å². The second-order valence-electron chi connectivity index (χ2n) is 4.43. The molecule has 0 fully saturated rings. The van der Waals surface area contributed by atoms with Crippen molar-refractivity contribution in [1.82, 2.24) is 20.2 Å². The third-order valence-electron chi connectivity index (χ3n) is 2.80. The van der Waals surface area contributed by atoms with Crippen molar-refractivity contribution < 1.29 is 4.74 Å². The van der Waals surface area contributed by atoms with E-state index in [-0.39, 0.29) is 0 Å². The largest absolute Gasteiger partial charge is 0.398 e. The van der Waals surface area contributed by atoms with Crippen LogP contribution in [0.15, 0.2) is 18.2 Å². The maximum absolute atomic E-state index is 6.02. The van der Waals surface area contributed by atoms with Gasteiger partial charge in [-0.2, -0.15) is 0 Å². The Morgan fingerprint density at radius 1 is 1.35 bits per heavy atom. The Kier molecular flexibility index (Phi) is 5.31. The molecule has 0 aliphatic heterocycles. The minimum atomic E-state index is 0.503. The molecule has 0 aliphatic rings. The Hall–Kier alpha value is -1.66. The smallest absolute Gasteiger partial charge is 0.182 e. The second kappa shape index (κ2) is 7.21. The summed E-state index contributed by atoms with van der Waals surface area (Å²) in [4.78, 5) is 0. The van der Waals surface area contributed by atoms with E-state index in [1.54, 1.807) is 16.8 Å². The number of rotatable bonds is 7. The van der Waals surface area contributed by atoms with Gasteiger partial charge in [0.05, 0.1) is 10.7 Å². The van der Waals surface area contributed by atoms with Gasteiger partial charge in [0.25, 0.3) is 0 Å². The van der Waals surface area contributed by atoms with Crippen LogP contribution in [-0.4, -0.2) is 33.4 Å². The van der Waals surface area contributed by atoms with E-state index in [1.807, 2.05) is 6.07 Å². The predicted octanol–water partition coefficient (Wildman–Crippen LogP) is 2.39. The van der Waals surface area contributed by atoms with Crippen LogP contribution in [0.25, 0.3) is 11.4 Å². The van der Waals surface area contributed by atoms with Crippen LogP contribution in [0.5, 0.6) is 0 Å². The Labute approximate surface area is 122 Å². The number of aryl methyl sites for hydroxylation is 1. The van der Waals surface area contributed by atoms with Crippen molar-refractivity contribution in [2.24, 2.45) is 0 Å². The van der Waals surface area contributed by atoms with Crippen LogP contribution in [0.2, 0.25) is 5.02 Å². The van der Waals surface area contributed by atoms with Crippen molar-refractivity contribution in [3.05, 3.63) is 23.2 Å². The van der Waals surface area contributed by atoms with Gasteiger partial charge in [-0.3, -0.25) is 0 Å². The summed E-state index contributed by atoms with van der Waals surface area (Å²) in [6, 6.07) is 5.38. The van der Waals surface area contributed by atoms with Gasteiger partial charge in [0.15, 0.2) is 5.82 Å². The first kappa shape index (κ1) is 14.7. The number of nitrogens with zero attached hydrogens (tertiary/aromatic N) is 4. The SMILES string of the molecule is CCCOCCCn1nnnc1-c1ccc(N)c(Cl)c1. The van der Waals surface area contributed by atoms with E-state index >= 15 is 0 Å². The first-order chi connectivity index (χ1) is 9.72. The van der Waals surface area contributed by atoms with E-state index in [9.17, 15) is 0 Å². The zero-order valence-electron chi connectivity index (χ0n) is 11.4. The fourth-order valence-corrected chi connectivity index (χ4v) is 1.97. The molecule has 6 nitrogen and oxygen atoms in total. The highest BCUT2D eigenvalue weighted by atomic mass is 35.5. The number of nitrogens with two attached hydrogens (primary N) is 1. The van der Waals surface area contributed by atoms with Gasteiger partial charge in [0.1, 0.15) is 0 Å². The molecule has 0 saturated carbocycles. The molecule has 0 bridgehead atoms. The Morgan fingerprint density at radius 3 is 2.95 bits per heavy atom. The third kappa shape index (κ3) is 3.68. The second-order valence-corrected chi connectivity index (χ2v) is 4.84. The van der Waals surface area contributed by atoms with Crippen molar-refractivity contribution in [2.75, 3.05) is 18.9 Å². The number of aromatic nitrogens is 4. The maximum Gasteiger partial charge on any atom is 0.182 e. The molecule has 20 heavy (non-hydrogen) atoms. The average molecular weight is 296 g/mol. The van der Waals surface area contributed by atoms with Crippen LogP contribution in [0.1, 0.15) is 19.8 Å². The molecule has 0 aliphatic carbocycles. The first-order valence-corrected chi connectivity index (χ1v) is 6.99. The molecule has 2 aromatic rings. The summed E-state index contributed by atoms with van der Waals surface area (Å²) in [5, 5.41) is 12.2. The molecule has 1 heterocycles. The summed E-state index contributed by atoms with van der Waals surface area (Å²) < 4.78 is 7.19. The summed E-state index contributed by atoms with van der Waals surface area (Å²) in [5.74, 6) is 0.683. The lowest BCUT2D eigenvalue weighted by molar-refractivity contribution is 0.128. The molecule has 0 amide bonds. The molecule has 2 rings (SSSR count). The molecule has 0 atom stereocenters. The van der Waals surface area contributed by atoms with Gasteiger partial charge in [-0.05, 0) is 41.5 Å². The third-order valence-corrected chi connectivity index (χ3v) is 3.12. The van der Waals surface area contributed by atoms with Crippen molar-refractivity contribution in [1.29, 1.82) is 0 Å². The van der Waals surface area contributed by atoms with Crippen molar-refractivity contribution in [3.8, 4) is 11.4 Å². The van der Waals surface area contributed by atoms with Crippen LogP contribution >= 0.6 is 11.6 Å². The zero-order valence-corrected chi connectivity index (χ0v) is 12.2. The van der Waals surface area contributed by atoms with Gasteiger partial charge in [-0.1, -0.05) is 18.5 Å². The predicted molar refractivity (Wildman–Crippen MR) is 78.4 cm³/mol. The van der Waals surface area contributed by atoms with E-state index < -0.39 is 0 Å². The standard InChI is InChI=1S/C13H18ClN5O/c1-2-7-20-8-3-6-19-13(16-17-18-19)10-4-5-12(15)11(14)9-10/h4-5,9H,2-3,6-8,15H2,1H3. The Balaban J connectivity index is 2.02. The topological polar surface area (TPSA) is 78.8 Å². The van der Waals surface area contributed by atoms with E-state index in [1.165, 1.54) is 0 Å². The van der Waals surface area contributed by atoms with Crippen molar-refractivity contribution in [3.63, 3.8) is 0 Å². The number of ether oxygens (including phenoxy) is 1. The molecule has 7 heteroatoms. The van der Waals surface area contributed by atoms with Gasteiger partial charge in [0.2, 0.25) is 0 Å². The number of halogens is 1. The van der Waals surface area contributed by atoms with Crippen molar-refractivity contribution >= 4 is 17.3 Å². The molecule has 0 radical (unpaired) electrons.